The van der Waals surface area contributed by atoms with Crippen LogP contribution in [0, 0.1) is 11.7 Å². The Balaban J connectivity index is 1.45. The summed E-state index contributed by atoms with van der Waals surface area (Å²) in [5.74, 6) is -1.14. The van der Waals surface area contributed by atoms with Gasteiger partial charge in [0.25, 0.3) is 11.7 Å². The molecule has 0 spiro atoms. The van der Waals surface area contributed by atoms with Crippen LogP contribution in [0.15, 0.2) is 48.7 Å². The summed E-state index contributed by atoms with van der Waals surface area (Å²) < 4.78 is 13.5. The van der Waals surface area contributed by atoms with Crippen molar-refractivity contribution in [3.05, 3.63) is 60.0 Å². The molecule has 2 N–H and O–H groups in total. The van der Waals surface area contributed by atoms with E-state index in [0.29, 0.717) is 16.6 Å². The number of hydrogen-bond acceptors (Lipinski definition) is 3. The number of benzene rings is 2. The molecule has 2 heterocycles. The number of hydrogen-bond donors (Lipinski definition) is 2. The Hall–Kier alpha value is -3.15. The molecule has 1 aliphatic rings. The van der Waals surface area contributed by atoms with Gasteiger partial charge in [0.2, 0.25) is 0 Å². The lowest BCUT2D eigenvalue weighted by Crippen LogP contribution is -2.32. The molecule has 0 aliphatic carbocycles. The van der Waals surface area contributed by atoms with Crippen LogP contribution < -0.4 is 10.2 Å². The van der Waals surface area contributed by atoms with Gasteiger partial charge in [0.05, 0.1) is 5.56 Å². The van der Waals surface area contributed by atoms with Crippen molar-refractivity contribution >= 4 is 34.0 Å². The average Bonchev–Trinajstić information content (AvgIpc) is 3.11. The molecule has 28 heavy (non-hydrogen) atoms. The fraction of sp³-hybridized carbons (Fsp3) is 0.273. The molecule has 0 atom stereocenters. The average molecular weight is 379 g/mol. The summed E-state index contributed by atoms with van der Waals surface area (Å²) in [5.41, 5.74) is 2.44. The molecule has 0 bridgehead atoms. The number of aromatic amines is 1. The molecule has 1 saturated heterocycles. The lowest BCUT2D eigenvalue weighted by molar-refractivity contribution is -0.112. The second kappa shape index (κ2) is 7.46. The van der Waals surface area contributed by atoms with E-state index in [1.165, 1.54) is 31.2 Å². The van der Waals surface area contributed by atoms with Crippen molar-refractivity contribution in [1.29, 1.82) is 0 Å². The topological polar surface area (TPSA) is 65.2 Å². The molecule has 2 aromatic carbocycles. The first kappa shape index (κ1) is 18.2. The predicted octanol–water partition coefficient (Wildman–Crippen LogP) is 4.36. The van der Waals surface area contributed by atoms with Crippen molar-refractivity contribution in [2.45, 2.75) is 19.8 Å². The lowest BCUT2D eigenvalue weighted by atomic mass is 9.99. The summed E-state index contributed by atoms with van der Waals surface area (Å²) >= 11 is 0. The van der Waals surface area contributed by atoms with Gasteiger partial charge in [0.1, 0.15) is 5.82 Å². The van der Waals surface area contributed by atoms with Gasteiger partial charge >= 0.3 is 0 Å². The molecule has 6 heteroatoms. The molecule has 4 rings (SSSR count). The number of aromatic nitrogens is 1. The van der Waals surface area contributed by atoms with Crippen molar-refractivity contribution in [1.82, 2.24) is 4.98 Å². The Kier molecular flexibility index (Phi) is 4.86. The fourth-order valence-electron chi connectivity index (χ4n) is 3.61. The normalized spacial score (nSPS) is 15.0. The molecule has 5 nitrogen and oxygen atoms in total. The zero-order valence-electron chi connectivity index (χ0n) is 15.7. The van der Waals surface area contributed by atoms with Crippen molar-refractivity contribution < 1.29 is 14.0 Å². The second-order valence-corrected chi connectivity index (χ2v) is 7.39. The predicted molar refractivity (Wildman–Crippen MR) is 108 cm³/mol. The minimum atomic E-state index is -0.746. The van der Waals surface area contributed by atoms with E-state index >= 15 is 0 Å². The van der Waals surface area contributed by atoms with Gasteiger partial charge in [0.15, 0.2) is 0 Å². The first-order chi connectivity index (χ1) is 13.5. The third-order valence-corrected chi connectivity index (χ3v) is 5.37. The maximum atomic E-state index is 13.5. The van der Waals surface area contributed by atoms with E-state index in [4.69, 9.17) is 0 Å². The molecule has 3 aromatic rings. The van der Waals surface area contributed by atoms with Crippen LogP contribution in [0.5, 0.6) is 0 Å². The van der Waals surface area contributed by atoms with E-state index in [2.05, 4.69) is 22.1 Å². The number of rotatable bonds is 4. The zero-order chi connectivity index (χ0) is 19.7. The van der Waals surface area contributed by atoms with E-state index in [1.54, 1.807) is 18.2 Å². The Morgan fingerprint density at radius 1 is 1.11 bits per heavy atom. The van der Waals surface area contributed by atoms with E-state index in [0.717, 1.165) is 24.7 Å². The largest absolute Gasteiger partial charge is 0.372 e. The van der Waals surface area contributed by atoms with Crippen LogP contribution in [0.4, 0.5) is 15.8 Å². The highest BCUT2D eigenvalue weighted by molar-refractivity contribution is 6.48. The second-order valence-electron chi connectivity index (χ2n) is 7.39. The molecule has 0 radical (unpaired) electrons. The molecule has 1 amide bonds. The van der Waals surface area contributed by atoms with Crippen molar-refractivity contribution in [3.63, 3.8) is 0 Å². The van der Waals surface area contributed by atoms with Crippen LogP contribution in [0.1, 0.15) is 30.1 Å². The summed E-state index contributed by atoms with van der Waals surface area (Å²) in [4.78, 5) is 30.1. The smallest absolute Gasteiger partial charge is 0.296 e. The summed E-state index contributed by atoms with van der Waals surface area (Å²) in [6.07, 6.45) is 3.79. The van der Waals surface area contributed by atoms with Crippen LogP contribution in [0.25, 0.3) is 10.9 Å². The van der Waals surface area contributed by atoms with Crippen LogP contribution in [-0.4, -0.2) is 29.8 Å². The number of H-pyrrole nitrogens is 1. The van der Waals surface area contributed by atoms with Crippen molar-refractivity contribution in [2.75, 3.05) is 23.3 Å². The summed E-state index contributed by atoms with van der Waals surface area (Å²) in [6, 6.07) is 11.6. The maximum Gasteiger partial charge on any atom is 0.296 e. The highest BCUT2D eigenvalue weighted by Gasteiger charge is 2.21. The van der Waals surface area contributed by atoms with Gasteiger partial charge < -0.3 is 15.2 Å². The number of fused-ring (bicyclic) bond motifs is 1. The van der Waals surface area contributed by atoms with Crippen LogP contribution >= 0.6 is 0 Å². The number of ketones is 1. The molecular weight excluding hydrogens is 357 g/mol. The number of amides is 1. The van der Waals surface area contributed by atoms with Crippen LogP contribution in [0.3, 0.4) is 0 Å². The fourth-order valence-corrected chi connectivity index (χ4v) is 3.61. The Morgan fingerprint density at radius 3 is 2.54 bits per heavy atom. The third-order valence-electron chi connectivity index (χ3n) is 5.37. The number of carbonyl (C=O) groups excluding carboxylic acids is 2. The summed E-state index contributed by atoms with van der Waals surface area (Å²) in [5, 5.41) is 3.03. The number of nitrogens with one attached hydrogen (secondary N) is 2. The third kappa shape index (κ3) is 3.63. The van der Waals surface area contributed by atoms with Gasteiger partial charge in [-0.3, -0.25) is 9.59 Å². The zero-order valence-corrected chi connectivity index (χ0v) is 15.7. The first-order valence-electron chi connectivity index (χ1n) is 9.48. The maximum absolute atomic E-state index is 13.5. The standard InChI is InChI=1S/C22H22FN3O2/c1-14-8-10-26(11-9-14)17-5-3-16(4-6-17)25-22(28)21(27)19-13-24-20-7-2-15(23)12-18(19)20/h2-7,12-14,24H,8-11H2,1H3,(H,25,28). The monoisotopic (exact) mass is 379 g/mol. The molecular formula is C22H22FN3O2. The highest BCUT2D eigenvalue weighted by atomic mass is 19.1. The Labute approximate surface area is 162 Å². The molecule has 1 aromatic heterocycles. The molecule has 144 valence electrons. The molecule has 1 fully saturated rings. The highest BCUT2D eigenvalue weighted by Crippen LogP contribution is 2.25. The lowest BCUT2D eigenvalue weighted by Gasteiger charge is -2.32. The summed E-state index contributed by atoms with van der Waals surface area (Å²) in [7, 11) is 0. The van der Waals surface area contributed by atoms with Gasteiger partial charge in [-0.1, -0.05) is 6.92 Å². The number of anilines is 2. The van der Waals surface area contributed by atoms with Crippen LogP contribution in [0.2, 0.25) is 0 Å². The quantitative estimate of drug-likeness (QED) is 0.523. The van der Waals surface area contributed by atoms with Gasteiger partial charge in [-0.15, -0.1) is 0 Å². The van der Waals surface area contributed by atoms with Crippen molar-refractivity contribution in [2.24, 2.45) is 5.92 Å². The van der Waals surface area contributed by atoms with Gasteiger partial charge in [-0.2, -0.15) is 0 Å². The molecule has 0 saturated carbocycles. The Bertz CT molecular complexity index is 1020. The number of halogens is 1. The van der Waals surface area contributed by atoms with Gasteiger partial charge in [-0.25, -0.2) is 4.39 Å². The van der Waals surface area contributed by atoms with E-state index in [1.807, 2.05) is 12.1 Å². The minimum Gasteiger partial charge on any atom is -0.372 e. The van der Waals surface area contributed by atoms with E-state index < -0.39 is 17.5 Å². The number of carbonyl (C=O) groups is 2. The minimum absolute atomic E-state index is 0.158. The van der Waals surface area contributed by atoms with E-state index in [-0.39, 0.29) is 5.56 Å². The number of nitrogens with zero attached hydrogens (tertiary/aromatic N) is 1. The van der Waals surface area contributed by atoms with E-state index in [9.17, 15) is 14.0 Å². The van der Waals surface area contributed by atoms with Gasteiger partial charge in [-0.05, 0) is 61.2 Å². The van der Waals surface area contributed by atoms with Crippen molar-refractivity contribution in [3.8, 4) is 0 Å². The SMILES string of the molecule is CC1CCN(c2ccc(NC(=O)C(=O)c3c[nH]c4ccc(F)cc34)cc2)CC1. The Morgan fingerprint density at radius 2 is 1.82 bits per heavy atom. The molecule has 0 unspecified atom stereocenters. The first-order valence-corrected chi connectivity index (χ1v) is 9.48. The summed E-state index contributed by atoms with van der Waals surface area (Å²) in [6.45, 7) is 4.33. The molecule has 1 aliphatic heterocycles. The van der Waals surface area contributed by atoms with Gasteiger partial charge in [0, 0.05) is 41.6 Å². The van der Waals surface area contributed by atoms with Crippen LogP contribution in [-0.2, 0) is 4.79 Å². The number of piperidine rings is 1. The number of Topliss-reactive ketones (excluding diaryl/α,β-unsaturated/α-hetero) is 1.